The van der Waals surface area contributed by atoms with Gasteiger partial charge in [0.25, 0.3) is 0 Å². The molecule has 106 valence electrons. The monoisotopic (exact) mass is 271 g/mol. The van der Waals surface area contributed by atoms with Crippen LogP contribution in [0.4, 0.5) is 5.95 Å². The Bertz CT molecular complexity index is 647. The fourth-order valence-corrected chi connectivity index (χ4v) is 3.90. The van der Waals surface area contributed by atoms with Crippen molar-refractivity contribution in [1.29, 1.82) is 0 Å². The van der Waals surface area contributed by atoms with Crippen molar-refractivity contribution in [3.8, 4) is 0 Å². The average molecular weight is 271 g/mol. The Morgan fingerprint density at radius 2 is 2.15 bits per heavy atom. The maximum atomic E-state index is 6.17. The topological polar surface area (TPSA) is 60.0 Å². The number of nitrogens with zero attached hydrogens (tertiary/aromatic N) is 4. The molecule has 20 heavy (non-hydrogen) atoms. The molecule has 4 rings (SSSR count). The molecule has 0 amide bonds. The number of nitrogen functional groups attached to an aromatic ring is 1. The molecule has 0 radical (unpaired) electrons. The third-order valence-corrected chi connectivity index (χ3v) is 4.85. The van der Waals surface area contributed by atoms with Crippen molar-refractivity contribution in [2.75, 3.05) is 18.8 Å². The lowest BCUT2D eigenvalue weighted by Crippen LogP contribution is -2.38. The van der Waals surface area contributed by atoms with E-state index in [0.29, 0.717) is 12.0 Å². The first-order chi connectivity index (χ1) is 9.72. The predicted octanol–water partition coefficient (Wildman–Crippen LogP) is 2.12. The van der Waals surface area contributed by atoms with Gasteiger partial charge in [0.1, 0.15) is 5.52 Å². The van der Waals surface area contributed by atoms with E-state index in [1.807, 2.05) is 13.1 Å². The molecule has 2 aliphatic rings. The van der Waals surface area contributed by atoms with Gasteiger partial charge in [-0.25, -0.2) is 9.97 Å². The van der Waals surface area contributed by atoms with Crippen LogP contribution in [-0.2, 0) is 0 Å². The van der Waals surface area contributed by atoms with Crippen molar-refractivity contribution in [3.05, 3.63) is 17.8 Å². The fraction of sp³-hybridized carbons (Fsp3) is 0.600. The summed E-state index contributed by atoms with van der Waals surface area (Å²) < 4.78 is 2.17. The van der Waals surface area contributed by atoms with E-state index in [1.165, 1.54) is 32.4 Å². The molecule has 5 nitrogen and oxygen atoms in total. The number of rotatable bonds is 1. The predicted molar refractivity (Wildman–Crippen MR) is 79.5 cm³/mol. The Hall–Kier alpha value is -1.62. The summed E-state index contributed by atoms with van der Waals surface area (Å²) in [6.07, 6.45) is 6.92. The number of nitrogens with two attached hydrogens (primary N) is 1. The standard InChI is InChI=1S/C15H21N5/c1-10-7-13-14(17-9-10)20(15(16)18-13)12-4-6-19-5-2-3-11(19)8-12/h7,9,11-12H,2-6,8H2,1H3,(H2,16,18). The lowest BCUT2D eigenvalue weighted by molar-refractivity contribution is 0.158. The Morgan fingerprint density at radius 3 is 3.05 bits per heavy atom. The highest BCUT2D eigenvalue weighted by molar-refractivity contribution is 5.74. The maximum absolute atomic E-state index is 6.17. The summed E-state index contributed by atoms with van der Waals surface area (Å²) in [6.45, 7) is 4.49. The molecule has 0 spiro atoms. The SMILES string of the molecule is Cc1cnc2c(c1)nc(N)n2C1CCN2CCCC2C1. The van der Waals surface area contributed by atoms with Gasteiger partial charge in [-0.15, -0.1) is 0 Å². The van der Waals surface area contributed by atoms with Crippen molar-refractivity contribution >= 4 is 17.1 Å². The highest BCUT2D eigenvalue weighted by Gasteiger charge is 2.33. The van der Waals surface area contributed by atoms with Gasteiger partial charge in [0.2, 0.25) is 5.95 Å². The highest BCUT2D eigenvalue weighted by atomic mass is 15.2. The molecule has 0 bridgehead atoms. The van der Waals surface area contributed by atoms with Gasteiger partial charge in [-0.1, -0.05) is 0 Å². The summed E-state index contributed by atoms with van der Waals surface area (Å²) in [5, 5.41) is 0. The summed E-state index contributed by atoms with van der Waals surface area (Å²) >= 11 is 0. The van der Waals surface area contributed by atoms with Crippen molar-refractivity contribution in [2.45, 2.75) is 44.7 Å². The van der Waals surface area contributed by atoms with Gasteiger partial charge < -0.3 is 10.6 Å². The van der Waals surface area contributed by atoms with E-state index in [4.69, 9.17) is 5.73 Å². The second-order valence-electron chi connectivity index (χ2n) is 6.21. The Labute approximate surface area is 118 Å². The number of fused-ring (bicyclic) bond motifs is 2. The Morgan fingerprint density at radius 1 is 1.25 bits per heavy atom. The first-order valence-corrected chi connectivity index (χ1v) is 7.56. The van der Waals surface area contributed by atoms with E-state index in [2.05, 4.69) is 25.5 Å². The van der Waals surface area contributed by atoms with Crippen molar-refractivity contribution < 1.29 is 0 Å². The van der Waals surface area contributed by atoms with Crippen molar-refractivity contribution in [2.24, 2.45) is 0 Å². The number of hydrogen-bond donors (Lipinski definition) is 1. The van der Waals surface area contributed by atoms with Crippen molar-refractivity contribution in [1.82, 2.24) is 19.4 Å². The van der Waals surface area contributed by atoms with Gasteiger partial charge in [0.05, 0.1) is 0 Å². The van der Waals surface area contributed by atoms with Crippen LogP contribution in [0.1, 0.15) is 37.3 Å². The highest BCUT2D eigenvalue weighted by Crippen LogP contribution is 2.35. The van der Waals surface area contributed by atoms with Crippen LogP contribution < -0.4 is 5.73 Å². The van der Waals surface area contributed by atoms with Crippen LogP contribution >= 0.6 is 0 Å². The van der Waals surface area contributed by atoms with Crippen LogP contribution in [0.2, 0.25) is 0 Å². The van der Waals surface area contributed by atoms with E-state index < -0.39 is 0 Å². The second-order valence-corrected chi connectivity index (χ2v) is 6.21. The second kappa shape index (κ2) is 4.45. The molecule has 2 aliphatic heterocycles. The first kappa shape index (κ1) is 12.1. The van der Waals surface area contributed by atoms with Crippen LogP contribution in [0.3, 0.4) is 0 Å². The molecule has 0 saturated carbocycles. The number of hydrogen-bond acceptors (Lipinski definition) is 4. The lowest BCUT2D eigenvalue weighted by Gasteiger charge is -2.35. The van der Waals surface area contributed by atoms with Crippen molar-refractivity contribution in [3.63, 3.8) is 0 Å². The minimum Gasteiger partial charge on any atom is -0.369 e. The molecule has 2 fully saturated rings. The summed E-state index contributed by atoms with van der Waals surface area (Å²) in [6, 6.07) is 3.26. The van der Waals surface area contributed by atoms with E-state index in [-0.39, 0.29) is 0 Å². The van der Waals surface area contributed by atoms with E-state index in [9.17, 15) is 0 Å². The third kappa shape index (κ3) is 1.80. The quantitative estimate of drug-likeness (QED) is 0.863. The molecule has 5 heteroatoms. The molecule has 2 saturated heterocycles. The number of aromatic nitrogens is 3. The van der Waals surface area contributed by atoms with E-state index in [0.717, 1.165) is 29.2 Å². The van der Waals surface area contributed by atoms with E-state index in [1.54, 1.807) is 0 Å². The van der Waals surface area contributed by atoms with Gasteiger partial charge in [0.15, 0.2) is 5.65 Å². The van der Waals surface area contributed by atoms with Gasteiger partial charge in [-0.2, -0.15) is 0 Å². The molecule has 0 aliphatic carbocycles. The molecule has 0 aromatic carbocycles. The van der Waals surface area contributed by atoms with Gasteiger partial charge in [0, 0.05) is 24.8 Å². The summed E-state index contributed by atoms with van der Waals surface area (Å²) in [7, 11) is 0. The molecule has 2 aromatic rings. The molecular formula is C15H21N5. The molecular weight excluding hydrogens is 250 g/mol. The summed E-state index contributed by atoms with van der Waals surface area (Å²) in [5.41, 5.74) is 9.18. The molecule has 2 aromatic heterocycles. The van der Waals surface area contributed by atoms with Crippen LogP contribution in [0.25, 0.3) is 11.2 Å². The third-order valence-electron chi connectivity index (χ3n) is 4.85. The average Bonchev–Trinajstić information content (AvgIpc) is 3.00. The summed E-state index contributed by atoms with van der Waals surface area (Å²) in [4.78, 5) is 11.7. The van der Waals surface area contributed by atoms with Crippen LogP contribution in [0, 0.1) is 6.92 Å². The fourth-order valence-electron chi connectivity index (χ4n) is 3.90. The lowest BCUT2D eigenvalue weighted by atomic mass is 9.97. The maximum Gasteiger partial charge on any atom is 0.202 e. The number of imidazole rings is 1. The zero-order chi connectivity index (χ0) is 13.7. The van der Waals surface area contributed by atoms with Gasteiger partial charge >= 0.3 is 0 Å². The van der Waals surface area contributed by atoms with E-state index >= 15 is 0 Å². The Balaban J connectivity index is 1.72. The molecule has 2 atom stereocenters. The number of aryl methyl sites for hydroxylation is 1. The van der Waals surface area contributed by atoms with Crippen LogP contribution in [-0.4, -0.2) is 38.6 Å². The van der Waals surface area contributed by atoms with Crippen LogP contribution in [0.15, 0.2) is 12.3 Å². The zero-order valence-corrected chi connectivity index (χ0v) is 11.9. The Kier molecular flexibility index (Phi) is 2.70. The minimum absolute atomic E-state index is 0.453. The summed E-state index contributed by atoms with van der Waals surface area (Å²) in [5.74, 6) is 0.620. The molecule has 2 unspecified atom stereocenters. The number of pyridine rings is 1. The molecule has 2 N–H and O–H groups in total. The number of anilines is 1. The largest absolute Gasteiger partial charge is 0.369 e. The minimum atomic E-state index is 0.453. The van der Waals surface area contributed by atoms with Gasteiger partial charge in [-0.3, -0.25) is 4.57 Å². The van der Waals surface area contributed by atoms with Crippen LogP contribution in [0.5, 0.6) is 0 Å². The molecule has 4 heterocycles. The number of piperidine rings is 1. The first-order valence-electron chi connectivity index (χ1n) is 7.56. The zero-order valence-electron chi connectivity index (χ0n) is 11.9. The smallest absolute Gasteiger partial charge is 0.202 e. The van der Waals surface area contributed by atoms with Gasteiger partial charge in [-0.05, 0) is 50.8 Å². The normalized spacial score (nSPS) is 27.1.